The molecule has 2 fully saturated rings. The second-order valence-corrected chi connectivity index (χ2v) is 11.2. The molecule has 4 aromatic rings. The molecule has 6 rings (SSSR count). The van der Waals surface area contributed by atoms with Gasteiger partial charge < -0.3 is 14.2 Å². The van der Waals surface area contributed by atoms with Gasteiger partial charge in [0.1, 0.15) is 17.1 Å². The number of halogens is 4. The van der Waals surface area contributed by atoms with Crippen LogP contribution in [0.4, 0.5) is 0 Å². The van der Waals surface area contributed by atoms with Gasteiger partial charge in [0, 0.05) is 24.3 Å². The maximum absolute atomic E-state index is 11.9. The number of ketones is 1. The maximum atomic E-state index is 11.9. The van der Waals surface area contributed by atoms with Crippen LogP contribution >= 0.6 is 55.6 Å². The summed E-state index contributed by atoms with van der Waals surface area (Å²) in [5.74, 6) is 2.03. The number of carbonyl (C=O) groups is 1. The molecule has 2 atom stereocenters. The Labute approximate surface area is 264 Å². The van der Waals surface area contributed by atoms with Crippen LogP contribution in [-0.4, -0.2) is 27.8 Å². The summed E-state index contributed by atoms with van der Waals surface area (Å²) in [6, 6.07) is 10.5. The van der Waals surface area contributed by atoms with E-state index in [1.54, 1.807) is 43.3 Å². The third-order valence-corrected chi connectivity index (χ3v) is 7.80. The van der Waals surface area contributed by atoms with Gasteiger partial charge in [-0.1, -0.05) is 82.9 Å². The Bertz CT molecular complexity index is 1490. The molecule has 0 amide bonds. The average molecular weight is 659 g/mol. The van der Waals surface area contributed by atoms with Crippen LogP contribution in [0.3, 0.4) is 0 Å². The van der Waals surface area contributed by atoms with Gasteiger partial charge in [0.2, 0.25) is 0 Å². The lowest BCUT2D eigenvalue weighted by Crippen LogP contribution is -1.98. The summed E-state index contributed by atoms with van der Waals surface area (Å²) in [6.07, 6.45) is 3.55. The number of hydrogen-bond donors (Lipinski definition) is 1. The molecule has 2 aromatic carbocycles. The number of aliphatic hydroxyl groups excluding tert-OH is 1. The molecule has 0 radical (unpaired) electrons. The largest absolute Gasteiger partial charge is 0.388 e. The summed E-state index contributed by atoms with van der Waals surface area (Å²) in [5.41, 5.74) is 3.40. The van der Waals surface area contributed by atoms with E-state index >= 15 is 0 Å². The van der Waals surface area contributed by atoms with Crippen LogP contribution in [0, 0.1) is 0 Å². The number of hydrogen-bond acceptors (Lipinski definition) is 6. The molecule has 2 heterocycles. The highest BCUT2D eigenvalue weighted by Gasteiger charge is 2.36. The Morgan fingerprint density at radius 1 is 0.902 bits per heavy atom. The Hall–Kier alpha value is -1.92. The Morgan fingerprint density at radius 2 is 1.29 bits per heavy atom. The zero-order chi connectivity index (χ0) is 29.8. The minimum atomic E-state index is -0.663. The zero-order valence-electron chi connectivity index (χ0n) is 22.9. The highest BCUT2D eigenvalue weighted by Crippen LogP contribution is 2.48. The number of benzene rings is 2. The van der Waals surface area contributed by atoms with Gasteiger partial charge in [0.15, 0.2) is 11.5 Å². The van der Waals surface area contributed by atoms with E-state index in [1.807, 2.05) is 0 Å². The molecular weight excluding hydrogens is 625 g/mol. The minimum Gasteiger partial charge on any atom is -0.388 e. The van der Waals surface area contributed by atoms with E-state index in [9.17, 15) is 9.90 Å². The molecule has 2 saturated carbocycles. The minimum absolute atomic E-state index is 0. The molecule has 220 valence electrons. The van der Waals surface area contributed by atoms with E-state index in [2.05, 4.69) is 19.6 Å². The first-order valence-corrected chi connectivity index (χ1v) is 15.0. The van der Waals surface area contributed by atoms with Crippen LogP contribution in [-0.2, 0) is 0 Å². The third kappa shape index (κ3) is 7.36. The molecule has 2 unspecified atom stereocenters. The van der Waals surface area contributed by atoms with E-state index < -0.39 is 6.10 Å². The van der Waals surface area contributed by atoms with Crippen LogP contribution in [0.5, 0.6) is 0 Å². The predicted octanol–water partition coefficient (Wildman–Crippen LogP) is 10.4. The number of nitrogens with zero attached hydrogens (tertiary/aromatic N) is 2. The average Bonchev–Trinajstić information content (AvgIpc) is 3.84. The first-order valence-electron chi connectivity index (χ1n) is 13.4. The Morgan fingerprint density at radius 3 is 1.71 bits per heavy atom. The fourth-order valence-electron chi connectivity index (χ4n) is 4.42. The summed E-state index contributed by atoms with van der Waals surface area (Å²) < 4.78 is 16.9. The lowest BCUT2D eigenvalue weighted by molar-refractivity contribution is 0.101. The molecule has 2 aliphatic carbocycles. The first-order chi connectivity index (χ1) is 19.6. The number of carbonyl (C=O) groups excluding carboxylic acids is 1. The summed E-state index contributed by atoms with van der Waals surface area (Å²) in [7, 11) is 2.25. The van der Waals surface area contributed by atoms with Gasteiger partial charge in [0.05, 0.1) is 37.3 Å². The maximum Gasteiger partial charge on any atom is 0.165 e. The van der Waals surface area contributed by atoms with Crippen molar-refractivity contribution in [2.75, 3.05) is 6.64 Å². The molecule has 6 nitrogen and oxygen atoms in total. The smallest absolute Gasteiger partial charge is 0.165 e. The van der Waals surface area contributed by atoms with Crippen LogP contribution in [0.25, 0.3) is 22.5 Å². The fraction of sp³-hybridized carbons (Fsp3) is 0.367. The van der Waals surface area contributed by atoms with Crippen LogP contribution in [0.1, 0.15) is 93.7 Å². The predicted molar refractivity (Wildman–Crippen MR) is 171 cm³/mol. The van der Waals surface area contributed by atoms with Crippen LogP contribution in [0.2, 0.25) is 20.1 Å². The van der Waals surface area contributed by atoms with E-state index in [4.69, 9.17) is 56.8 Å². The van der Waals surface area contributed by atoms with Crippen molar-refractivity contribution in [3.8, 4) is 22.5 Å². The molecule has 0 bridgehead atoms. The molecule has 11 heteroatoms. The quantitative estimate of drug-likeness (QED) is 0.164. The van der Waals surface area contributed by atoms with E-state index in [0.29, 0.717) is 78.0 Å². The number of rotatable bonds is 6. The van der Waals surface area contributed by atoms with Crippen molar-refractivity contribution >= 4 is 61.4 Å². The van der Waals surface area contributed by atoms with Gasteiger partial charge in [-0.2, -0.15) is 0 Å². The standard InChI is InChI=1S/C14H13Cl2NO2.C14H11Cl2NO2.CH5P.CH4/c2*1-7(18)11-13(17-19-14(11)8-5-6-8)12-9(15)3-2-4-10(12)16;1-2;/h2-4,7-8,18H,5-6H2,1H3;2-4,8H,5-6H2,1H3;2H2,1H3;1H4/i;;1D;. The monoisotopic (exact) mass is 657 g/mol. The summed E-state index contributed by atoms with van der Waals surface area (Å²) in [5, 5.41) is 20.1. The number of aliphatic hydroxyl groups is 1. The highest BCUT2D eigenvalue weighted by atomic mass is 35.5. The van der Waals surface area contributed by atoms with Gasteiger partial charge in [-0.15, -0.1) is 9.24 Å². The van der Waals surface area contributed by atoms with Crippen molar-refractivity contribution in [2.24, 2.45) is 0 Å². The third-order valence-electron chi connectivity index (χ3n) is 6.54. The molecule has 2 aromatic heterocycles. The molecule has 1 N–H and O–H groups in total. The normalized spacial score (nSPS) is 15.0. The van der Waals surface area contributed by atoms with Gasteiger partial charge in [-0.3, -0.25) is 4.79 Å². The summed E-state index contributed by atoms with van der Waals surface area (Å²) >= 11 is 24.7. The zero-order valence-corrected chi connectivity index (χ0v) is 26.1. The summed E-state index contributed by atoms with van der Waals surface area (Å²) in [6.45, 7) is 3.62. The highest BCUT2D eigenvalue weighted by molar-refractivity contribution is 7.15. The number of aromatic nitrogens is 2. The molecule has 41 heavy (non-hydrogen) atoms. The lowest BCUT2D eigenvalue weighted by atomic mass is 10.0. The molecule has 2 aliphatic rings. The van der Waals surface area contributed by atoms with Gasteiger partial charge in [0.25, 0.3) is 0 Å². The second kappa shape index (κ2) is 14.5. The second-order valence-electron chi connectivity index (χ2n) is 9.55. The van der Waals surface area contributed by atoms with Gasteiger partial charge in [-0.25, -0.2) is 0 Å². The van der Waals surface area contributed by atoms with E-state index in [1.165, 1.54) is 6.92 Å². The molecule has 0 saturated heterocycles. The molecular formula is C30H33Cl4N2O4P. The van der Waals surface area contributed by atoms with Crippen molar-refractivity contribution in [3.63, 3.8) is 0 Å². The summed E-state index contributed by atoms with van der Waals surface area (Å²) in [4.78, 5) is 11.9. The van der Waals surface area contributed by atoms with E-state index in [0.717, 1.165) is 31.4 Å². The number of Topliss-reactive ketones (excluding diaryl/α,β-unsaturated/α-hetero) is 1. The lowest BCUT2D eigenvalue weighted by Gasteiger charge is -2.09. The van der Waals surface area contributed by atoms with Crippen molar-refractivity contribution in [1.29, 1.82) is 0 Å². The Balaban J connectivity index is 0.000000207. The van der Waals surface area contributed by atoms with Crippen LogP contribution < -0.4 is 0 Å². The first kappa shape index (κ1) is 32.0. The molecule has 0 aliphatic heterocycles. The van der Waals surface area contributed by atoms with Gasteiger partial charge >= 0.3 is 0 Å². The SMILES string of the molecule is C.CC(=O)c1c(-c2c(Cl)cccc2Cl)noc1C1CC1.CC(O)c1c(-c2c(Cl)cccc2Cl)noc1C1CC1.[2H]CP. The van der Waals surface area contributed by atoms with Crippen molar-refractivity contribution < 1.29 is 20.3 Å². The van der Waals surface area contributed by atoms with Gasteiger partial charge in [-0.05, 0) is 63.8 Å². The Kier molecular flexibility index (Phi) is 11.3. The van der Waals surface area contributed by atoms with E-state index in [-0.39, 0.29) is 13.2 Å². The van der Waals surface area contributed by atoms with Crippen molar-refractivity contribution in [3.05, 3.63) is 79.1 Å². The topological polar surface area (TPSA) is 89.4 Å². The fourth-order valence-corrected chi connectivity index (χ4v) is 5.57. The van der Waals surface area contributed by atoms with Crippen LogP contribution in [0.15, 0.2) is 45.4 Å². The molecule has 0 spiro atoms. The van der Waals surface area contributed by atoms with Crippen molar-refractivity contribution in [2.45, 2.75) is 64.9 Å². The van der Waals surface area contributed by atoms with Crippen molar-refractivity contribution in [1.82, 2.24) is 10.3 Å².